The normalized spacial score (nSPS) is 10.6. The minimum atomic E-state index is -0.472. The van der Waals surface area contributed by atoms with Crippen molar-refractivity contribution in [1.82, 2.24) is 0 Å². The Morgan fingerprint density at radius 2 is 0.951 bits per heavy atom. The summed E-state index contributed by atoms with van der Waals surface area (Å²) in [7, 11) is 0. The van der Waals surface area contributed by atoms with Gasteiger partial charge in [0.15, 0.2) is 0 Å². The minimum Gasteiger partial charge on any atom is -0.481 e. The molecule has 202 valence electrons. The van der Waals surface area contributed by atoms with Gasteiger partial charge in [-0.2, -0.15) is 0 Å². The van der Waals surface area contributed by atoms with Gasteiger partial charge in [-0.15, -0.1) is 12.8 Å². The minimum absolute atomic E-state index is 0.159. The number of allylic oxidation sites excluding steroid dienone is 1. The van der Waals surface area contributed by atoms with Gasteiger partial charge in [0.1, 0.15) is 36.2 Å². The second kappa shape index (κ2) is 13.9. The SMILES string of the molecule is C#CCOc1ccc(C(=O)Oc2ccc(/C=C(/C)c3ccc(OC(=O)c4ccc(OCC#C)cc4)cc3)cc2)cc1. The predicted octanol–water partition coefficient (Wildman–Crippen LogP) is 6.71. The van der Waals surface area contributed by atoms with Crippen LogP contribution in [0.3, 0.4) is 0 Å². The van der Waals surface area contributed by atoms with Crippen LogP contribution >= 0.6 is 0 Å². The van der Waals surface area contributed by atoms with E-state index in [1.165, 1.54) is 0 Å². The molecule has 4 aromatic carbocycles. The van der Waals surface area contributed by atoms with Crippen molar-refractivity contribution in [2.24, 2.45) is 0 Å². The summed E-state index contributed by atoms with van der Waals surface area (Å²) in [4.78, 5) is 24.9. The smallest absolute Gasteiger partial charge is 0.343 e. The first-order chi connectivity index (χ1) is 19.9. The van der Waals surface area contributed by atoms with Crippen LogP contribution in [0, 0.1) is 24.7 Å². The van der Waals surface area contributed by atoms with E-state index in [1.54, 1.807) is 72.8 Å². The summed E-state index contributed by atoms with van der Waals surface area (Å²) in [5.74, 6) is 5.85. The molecule has 0 saturated carbocycles. The summed E-state index contributed by atoms with van der Waals surface area (Å²) < 4.78 is 21.6. The molecule has 4 rings (SSSR count). The summed E-state index contributed by atoms with van der Waals surface area (Å²) in [6, 6.07) is 27.6. The van der Waals surface area contributed by atoms with Gasteiger partial charge in [-0.1, -0.05) is 42.2 Å². The highest BCUT2D eigenvalue weighted by Gasteiger charge is 2.10. The first kappa shape index (κ1) is 28.3. The van der Waals surface area contributed by atoms with Crippen molar-refractivity contribution in [3.8, 4) is 47.7 Å². The van der Waals surface area contributed by atoms with Crippen LogP contribution in [-0.2, 0) is 0 Å². The second-order valence-corrected chi connectivity index (χ2v) is 8.73. The number of esters is 2. The molecule has 0 radical (unpaired) electrons. The number of carbonyl (C=O) groups excluding carboxylic acids is 2. The number of hydrogen-bond acceptors (Lipinski definition) is 6. The maximum atomic E-state index is 12.5. The van der Waals surface area contributed by atoms with Crippen LogP contribution in [0.1, 0.15) is 38.8 Å². The van der Waals surface area contributed by atoms with E-state index in [1.807, 2.05) is 37.3 Å². The van der Waals surface area contributed by atoms with E-state index in [0.29, 0.717) is 34.1 Å². The van der Waals surface area contributed by atoms with Gasteiger partial charge in [0.05, 0.1) is 11.1 Å². The summed E-state index contributed by atoms with van der Waals surface area (Å²) in [5.41, 5.74) is 3.70. The maximum absolute atomic E-state index is 12.5. The van der Waals surface area contributed by atoms with E-state index in [4.69, 9.17) is 31.8 Å². The number of ether oxygens (including phenoxy) is 4. The summed E-state index contributed by atoms with van der Waals surface area (Å²) >= 11 is 0. The van der Waals surface area contributed by atoms with Gasteiger partial charge in [-0.3, -0.25) is 0 Å². The summed E-state index contributed by atoms with van der Waals surface area (Å²) in [6.45, 7) is 2.30. The zero-order chi connectivity index (χ0) is 29.0. The summed E-state index contributed by atoms with van der Waals surface area (Å²) in [5, 5.41) is 0. The third-order valence-electron chi connectivity index (χ3n) is 5.82. The van der Waals surface area contributed by atoms with Crippen LogP contribution in [0.15, 0.2) is 97.1 Å². The molecule has 0 aliphatic carbocycles. The molecule has 0 aromatic heterocycles. The van der Waals surface area contributed by atoms with Crippen molar-refractivity contribution in [2.45, 2.75) is 6.92 Å². The Balaban J connectivity index is 1.32. The lowest BCUT2D eigenvalue weighted by Gasteiger charge is -2.08. The highest BCUT2D eigenvalue weighted by atomic mass is 16.5. The van der Waals surface area contributed by atoms with Crippen molar-refractivity contribution in [2.75, 3.05) is 13.2 Å². The molecule has 0 unspecified atom stereocenters. The van der Waals surface area contributed by atoms with E-state index in [0.717, 1.165) is 16.7 Å². The summed E-state index contributed by atoms with van der Waals surface area (Å²) in [6.07, 6.45) is 12.4. The standard InChI is InChI=1S/C35H26O6/c1-4-22-38-30-16-10-28(11-17-30)34(36)40-32-14-6-26(7-15-32)24-25(3)27-8-20-33(21-9-27)41-35(37)29-12-18-31(19-13-29)39-23-5-2/h1-2,6-21,24H,22-23H2,3H3/b25-24-. The van der Waals surface area contributed by atoms with Crippen LogP contribution < -0.4 is 18.9 Å². The molecule has 0 heterocycles. The zero-order valence-electron chi connectivity index (χ0n) is 22.3. The number of terminal acetylenes is 2. The van der Waals surface area contributed by atoms with Gasteiger partial charge < -0.3 is 18.9 Å². The highest BCUT2D eigenvalue weighted by molar-refractivity contribution is 5.92. The third kappa shape index (κ3) is 8.13. The molecule has 6 nitrogen and oxygen atoms in total. The van der Waals surface area contributed by atoms with Crippen LogP contribution in [0.2, 0.25) is 0 Å². The average molecular weight is 543 g/mol. The Labute approximate surface area is 239 Å². The fraction of sp³-hybridized carbons (Fsp3) is 0.0857. The van der Waals surface area contributed by atoms with Crippen molar-refractivity contribution >= 4 is 23.6 Å². The van der Waals surface area contributed by atoms with Crippen LogP contribution in [0.25, 0.3) is 11.6 Å². The molecule has 0 N–H and O–H groups in total. The average Bonchev–Trinajstić information content (AvgIpc) is 3.00. The fourth-order valence-corrected chi connectivity index (χ4v) is 3.71. The van der Waals surface area contributed by atoms with Gasteiger partial charge in [0, 0.05) is 0 Å². The molecule has 6 heteroatoms. The molecule has 0 spiro atoms. The number of benzene rings is 4. The molecule has 4 aromatic rings. The first-order valence-electron chi connectivity index (χ1n) is 12.6. The Hall–Kier alpha value is -5.72. The topological polar surface area (TPSA) is 71.1 Å². The van der Waals surface area contributed by atoms with Gasteiger partial charge in [-0.25, -0.2) is 9.59 Å². The van der Waals surface area contributed by atoms with Gasteiger partial charge in [0.25, 0.3) is 0 Å². The molecule has 0 saturated heterocycles. The lowest BCUT2D eigenvalue weighted by Crippen LogP contribution is -2.08. The van der Waals surface area contributed by atoms with Crippen molar-refractivity contribution < 1.29 is 28.5 Å². The van der Waals surface area contributed by atoms with E-state index < -0.39 is 11.9 Å². The molecule has 41 heavy (non-hydrogen) atoms. The third-order valence-corrected chi connectivity index (χ3v) is 5.82. The van der Waals surface area contributed by atoms with Crippen LogP contribution in [0.4, 0.5) is 0 Å². The van der Waals surface area contributed by atoms with E-state index >= 15 is 0 Å². The predicted molar refractivity (Wildman–Crippen MR) is 158 cm³/mol. The van der Waals surface area contributed by atoms with Crippen LogP contribution in [0.5, 0.6) is 23.0 Å². The zero-order valence-corrected chi connectivity index (χ0v) is 22.3. The Morgan fingerprint density at radius 1 is 0.585 bits per heavy atom. The van der Waals surface area contributed by atoms with Crippen molar-refractivity contribution in [3.63, 3.8) is 0 Å². The van der Waals surface area contributed by atoms with E-state index in [9.17, 15) is 9.59 Å². The highest BCUT2D eigenvalue weighted by Crippen LogP contribution is 2.23. The molecule has 0 aliphatic heterocycles. The first-order valence-corrected chi connectivity index (χ1v) is 12.6. The second-order valence-electron chi connectivity index (χ2n) is 8.73. The van der Waals surface area contributed by atoms with Crippen molar-refractivity contribution in [1.29, 1.82) is 0 Å². The molecule has 0 atom stereocenters. The van der Waals surface area contributed by atoms with Gasteiger partial charge in [0.2, 0.25) is 0 Å². The lowest BCUT2D eigenvalue weighted by molar-refractivity contribution is 0.0725. The number of carbonyl (C=O) groups is 2. The van der Waals surface area contributed by atoms with E-state index in [2.05, 4.69) is 11.8 Å². The maximum Gasteiger partial charge on any atom is 0.343 e. The Morgan fingerprint density at radius 3 is 1.37 bits per heavy atom. The van der Waals surface area contributed by atoms with Gasteiger partial charge >= 0.3 is 11.9 Å². The number of hydrogen-bond donors (Lipinski definition) is 0. The molecule has 0 aliphatic rings. The monoisotopic (exact) mass is 542 g/mol. The molecular formula is C35H26O6. The number of rotatable bonds is 10. The Kier molecular flexibility index (Phi) is 9.59. The fourth-order valence-electron chi connectivity index (χ4n) is 3.71. The lowest BCUT2D eigenvalue weighted by atomic mass is 10.0. The van der Waals surface area contributed by atoms with Crippen molar-refractivity contribution in [3.05, 3.63) is 119 Å². The Bertz CT molecular complexity index is 1600. The molecule has 0 bridgehead atoms. The largest absolute Gasteiger partial charge is 0.481 e. The quantitative estimate of drug-likeness (QED) is 0.0960. The molecule has 0 fully saturated rings. The van der Waals surface area contributed by atoms with Crippen LogP contribution in [-0.4, -0.2) is 25.2 Å². The van der Waals surface area contributed by atoms with E-state index in [-0.39, 0.29) is 13.2 Å². The van der Waals surface area contributed by atoms with Gasteiger partial charge in [-0.05, 0) is 96.4 Å². The molecule has 0 amide bonds. The molecular weight excluding hydrogens is 516 g/mol.